The Bertz CT molecular complexity index is 878. The molecule has 0 spiro atoms. The molecule has 7 nitrogen and oxygen atoms in total. The highest BCUT2D eigenvalue weighted by atomic mass is 16.3. The molecular formula is C21H25N5O2. The van der Waals surface area contributed by atoms with E-state index in [1.807, 2.05) is 48.5 Å². The van der Waals surface area contributed by atoms with Crippen LogP contribution in [0.15, 0.2) is 48.5 Å². The van der Waals surface area contributed by atoms with Gasteiger partial charge in [-0.3, -0.25) is 4.79 Å². The number of nitrogens with zero attached hydrogens (tertiary/aromatic N) is 4. The minimum Gasteiger partial charge on any atom is -0.395 e. The second-order valence-corrected chi connectivity index (χ2v) is 6.63. The summed E-state index contributed by atoms with van der Waals surface area (Å²) in [7, 11) is 0. The number of rotatable bonds is 9. The number of aromatic nitrogens is 4. The molecule has 1 amide bonds. The van der Waals surface area contributed by atoms with Crippen LogP contribution < -0.4 is 0 Å². The van der Waals surface area contributed by atoms with Gasteiger partial charge >= 0.3 is 0 Å². The van der Waals surface area contributed by atoms with Crippen LogP contribution in [0.25, 0.3) is 22.5 Å². The average molecular weight is 379 g/mol. The zero-order valence-corrected chi connectivity index (χ0v) is 16.0. The minimum atomic E-state index is -0.0332. The molecule has 146 valence electrons. The minimum absolute atomic E-state index is 0.0332. The fourth-order valence-electron chi connectivity index (χ4n) is 3.12. The van der Waals surface area contributed by atoms with Gasteiger partial charge in [0, 0.05) is 25.1 Å². The number of aromatic amines is 1. The number of aliphatic hydroxyl groups excluding tert-OH is 1. The lowest BCUT2D eigenvalue weighted by molar-refractivity contribution is -0.132. The van der Waals surface area contributed by atoms with E-state index in [4.69, 9.17) is 0 Å². The van der Waals surface area contributed by atoms with Crippen molar-refractivity contribution in [3.8, 4) is 22.5 Å². The molecule has 0 aliphatic rings. The first kappa shape index (κ1) is 19.7. The number of unbranched alkanes of at least 4 members (excludes halogenated alkanes) is 1. The van der Waals surface area contributed by atoms with Gasteiger partial charge in [-0.1, -0.05) is 61.9 Å². The zero-order chi connectivity index (χ0) is 19.8. The number of carbonyl (C=O) groups excluding carboxylic acids is 1. The maximum atomic E-state index is 12.4. The highest BCUT2D eigenvalue weighted by Gasteiger charge is 2.14. The van der Waals surface area contributed by atoms with Crippen LogP contribution in [-0.4, -0.2) is 49.7 Å². The van der Waals surface area contributed by atoms with E-state index in [1.54, 1.807) is 4.90 Å². The van der Waals surface area contributed by atoms with Gasteiger partial charge in [-0.25, -0.2) is 5.10 Å². The number of H-pyrrole nitrogens is 1. The largest absolute Gasteiger partial charge is 0.395 e. The Morgan fingerprint density at radius 2 is 1.86 bits per heavy atom. The fourth-order valence-corrected chi connectivity index (χ4v) is 3.12. The fraction of sp³-hybridized carbons (Fsp3) is 0.333. The van der Waals surface area contributed by atoms with Gasteiger partial charge in [0.2, 0.25) is 5.91 Å². The highest BCUT2D eigenvalue weighted by molar-refractivity contribution is 5.80. The van der Waals surface area contributed by atoms with E-state index >= 15 is 0 Å². The van der Waals surface area contributed by atoms with Crippen molar-refractivity contribution in [2.45, 2.75) is 32.7 Å². The number of tetrazole rings is 1. The molecule has 3 rings (SSSR count). The summed E-state index contributed by atoms with van der Waals surface area (Å²) < 4.78 is 0. The predicted molar refractivity (Wildman–Crippen MR) is 107 cm³/mol. The van der Waals surface area contributed by atoms with Crippen LogP contribution in [0.3, 0.4) is 0 Å². The van der Waals surface area contributed by atoms with Crippen molar-refractivity contribution in [2.24, 2.45) is 0 Å². The van der Waals surface area contributed by atoms with Crippen LogP contribution in [-0.2, 0) is 11.3 Å². The Morgan fingerprint density at radius 3 is 2.50 bits per heavy atom. The third kappa shape index (κ3) is 4.80. The highest BCUT2D eigenvalue weighted by Crippen LogP contribution is 2.29. The summed E-state index contributed by atoms with van der Waals surface area (Å²) in [6.45, 7) is 2.88. The van der Waals surface area contributed by atoms with Gasteiger partial charge < -0.3 is 10.0 Å². The Balaban J connectivity index is 1.78. The van der Waals surface area contributed by atoms with Gasteiger partial charge in [-0.15, -0.1) is 5.10 Å². The molecule has 1 heterocycles. The Labute approximate surface area is 164 Å². The number of aliphatic hydroxyl groups is 1. The van der Waals surface area contributed by atoms with Crippen LogP contribution >= 0.6 is 0 Å². The second kappa shape index (κ2) is 9.75. The summed E-state index contributed by atoms with van der Waals surface area (Å²) >= 11 is 0. The molecule has 0 aliphatic heterocycles. The number of hydrogen-bond acceptors (Lipinski definition) is 5. The molecule has 1 aromatic heterocycles. The van der Waals surface area contributed by atoms with E-state index in [0.717, 1.165) is 35.1 Å². The third-order valence-corrected chi connectivity index (χ3v) is 4.63. The first-order chi connectivity index (χ1) is 13.7. The molecule has 0 radical (unpaired) electrons. The maximum Gasteiger partial charge on any atom is 0.222 e. The second-order valence-electron chi connectivity index (χ2n) is 6.63. The number of nitrogens with one attached hydrogen (secondary N) is 1. The molecule has 0 atom stereocenters. The summed E-state index contributed by atoms with van der Waals surface area (Å²) in [5.41, 5.74) is 4.03. The molecule has 7 heteroatoms. The SMILES string of the molecule is CCCCC(=O)N(CCO)Cc1ccc(-c2ccccc2-c2nnn[nH]2)cc1. The number of benzene rings is 2. The van der Waals surface area contributed by atoms with Crippen molar-refractivity contribution in [1.82, 2.24) is 25.5 Å². The molecular weight excluding hydrogens is 354 g/mol. The topological polar surface area (TPSA) is 95.0 Å². The molecule has 0 bridgehead atoms. The van der Waals surface area contributed by atoms with Crippen LogP contribution in [0.5, 0.6) is 0 Å². The first-order valence-corrected chi connectivity index (χ1v) is 9.54. The summed E-state index contributed by atoms with van der Waals surface area (Å²) in [6, 6.07) is 16.0. The van der Waals surface area contributed by atoms with E-state index in [1.165, 1.54) is 0 Å². The molecule has 2 N–H and O–H groups in total. The van der Waals surface area contributed by atoms with Gasteiger partial charge in [0.05, 0.1) is 6.61 Å². The first-order valence-electron chi connectivity index (χ1n) is 9.54. The van der Waals surface area contributed by atoms with Crippen molar-refractivity contribution in [3.05, 3.63) is 54.1 Å². The lowest BCUT2D eigenvalue weighted by Gasteiger charge is -2.22. The van der Waals surface area contributed by atoms with Gasteiger partial charge in [0.1, 0.15) is 0 Å². The van der Waals surface area contributed by atoms with Crippen molar-refractivity contribution in [3.63, 3.8) is 0 Å². The van der Waals surface area contributed by atoms with E-state index in [2.05, 4.69) is 27.5 Å². The summed E-state index contributed by atoms with van der Waals surface area (Å²) in [5, 5.41) is 23.4. The molecule has 2 aromatic carbocycles. The Kier molecular flexibility index (Phi) is 6.86. The Morgan fingerprint density at radius 1 is 1.11 bits per heavy atom. The van der Waals surface area contributed by atoms with Gasteiger partial charge in [-0.05, 0) is 33.5 Å². The van der Waals surface area contributed by atoms with Gasteiger partial charge in [0.25, 0.3) is 0 Å². The molecule has 0 fully saturated rings. The molecule has 28 heavy (non-hydrogen) atoms. The van der Waals surface area contributed by atoms with Crippen molar-refractivity contribution >= 4 is 5.91 Å². The van der Waals surface area contributed by atoms with E-state index in [9.17, 15) is 9.90 Å². The van der Waals surface area contributed by atoms with E-state index < -0.39 is 0 Å². The lowest BCUT2D eigenvalue weighted by Crippen LogP contribution is -2.32. The molecule has 0 aliphatic carbocycles. The van der Waals surface area contributed by atoms with Crippen molar-refractivity contribution in [1.29, 1.82) is 0 Å². The summed E-state index contributed by atoms with van der Waals surface area (Å²) in [6.07, 6.45) is 2.37. The number of amides is 1. The molecule has 0 saturated carbocycles. The normalized spacial score (nSPS) is 10.8. The van der Waals surface area contributed by atoms with E-state index in [0.29, 0.717) is 25.3 Å². The maximum absolute atomic E-state index is 12.4. The number of carbonyl (C=O) groups is 1. The van der Waals surface area contributed by atoms with Crippen LogP contribution in [0, 0.1) is 0 Å². The van der Waals surface area contributed by atoms with Gasteiger partial charge in [-0.2, -0.15) is 0 Å². The molecule has 0 saturated heterocycles. The third-order valence-electron chi connectivity index (χ3n) is 4.63. The zero-order valence-electron chi connectivity index (χ0n) is 16.0. The van der Waals surface area contributed by atoms with Gasteiger partial charge in [0.15, 0.2) is 5.82 Å². The molecule has 3 aromatic rings. The molecule has 0 unspecified atom stereocenters. The van der Waals surface area contributed by atoms with E-state index in [-0.39, 0.29) is 12.5 Å². The predicted octanol–water partition coefficient (Wildman–Crippen LogP) is 3.04. The average Bonchev–Trinajstić information content (AvgIpc) is 3.27. The summed E-state index contributed by atoms with van der Waals surface area (Å²) in [4.78, 5) is 14.1. The van der Waals surface area contributed by atoms with Crippen LogP contribution in [0.2, 0.25) is 0 Å². The lowest BCUT2D eigenvalue weighted by atomic mass is 9.98. The monoisotopic (exact) mass is 379 g/mol. The quantitative estimate of drug-likeness (QED) is 0.596. The number of hydrogen-bond donors (Lipinski definition) is 2. The Hall–Kier alpha value is -3.06. The van der Waals surface area contributed by atoms with Crippen molar-refractivity contribution in [2.75, 3.05) is 13.2 Å². The van der Waals surface area contributed by atoms with Crippen LogP contribution in [0.4, 0.5) is 0 Å². The van der Waals surface area contributed by atoms with Crippen molar-refractivity contribution < 1.29 is 9.90 Å². The smallest absolute Gasteiger partial charge is 0.222 e. The van der Waals surface area contributed by atoms with Crippen LogP contribution in [0.1, 0.15) is 31.7 Å². The summed E-state index contributed by atoms with van der Waals surface area (Å²) in [5.74, 6) is 0.707. The standard InChI is InChI=1S/C21H25N5O2/c1-2-3-8-20(28)26(13-14-27)15-16-9-11-17(12-10-16)18-6-4-5-7-19(18)21-22-24-25-23-21/h4-7,9-12,27H,2-3,8,13-15H2,1H3,(H,22,23,24,25).